The summed E-state index contributed by atoms with van der Waals surface area (Å²) in [5.74, 6) is -0.498. The summed E-state index contributed by atoms with van der Waals surface area (Å²) in [5.41, 5.74) is 11.5. The van der Waals surface area contributed by atoms with E-state index < -0.39 is 24.0 Å². The fraction of sp³-hybridized carbons (Fsp3) is 0.385. The van der Waals surface area contributed by atoms with Gasteiger partial charge in [0.25, 0.3) is 0 Å². The molecule has 21 heavy (non-hydrogen) atoms. The quantitative estimate of drug-likeness (QED) is 0.464. The number of thioether (sulfide) groups is 1. The number of carboxylic acids is 2. The number of aliphatic carboxylic acids is 2. The standard InChI is InChI=1S/C10H13NO2S.C3H7NO2S/c11-9(10(12)13)7-14-6-8-4-2-1-3-5-8;4-2(1-7)3(5)6/h1-5,9H,6-7,11H2,(H,12,13);2,7H,1,4H2,(H,5,6)/t9-;2-/m00/s1. The van der Waals surface area contributed by atoms with E-state index in [1.54, 1.807) is 0 Å². The lowest BCUT2D eigenvalue weighted by Crippen LogP contribution is -2.32. The zero-order valence-electron chi connectivity index (χ0n) is 11.4. The molecule has 0 unspecified atom stereocenters. The molecule has 0 aromatic heterocycles. The summed E-state index contributed by atoms with van der Waals surface area (Å²) in [5, 5.41) is 16.5. The topological polar surface area (TPSA) is 127 Å². The molecule has 6 nitrogen and oxygen atoms in total. The highest BCUT2D eigenvalue weighted by Crippen LogP contribution is 2.12. The molecule has 1 aromatic carbocycles. The summed E-state index contributed by atoms with van der Waals surface area (Å²) in [6.45, 7) is 0. The summed E-state index contributed by atoms with van der Waals surface area (Å²) in [7, 11) is 0. The Morgan fingerprint density at radius 3 is 2.00 bits per heavy atom. The third-order valence-corrected chi connectivity index (χ3v) is 3.77. The van der Waals surface area contributed by atoms with Crippen LogP contribution in [-0.2, 0) is 15.3 Å². The highest BCUT2D eigenvalue weighted by atomic mass is 32.2. The highest BCUT2D eigenvalue weighted by Gasteiger charge is 2.10. The van der Waals surface area contributed by atoms with Crippen LogP contribution in [0.4, 0.5) is 0 Å². The zero-order chi connectivity index (χ0) is 16.3. The average Bonchev–Trinajstić information content (AvgIpc) is 2.47. The molecule has 0 saturated heterocycles. The van der Waals surface area contributed by atoms with Crippen molar-refractivity contribution in [3.8, 4) is 0 Å². The van der Waals surface area contributed by atoms with E-state index in [0.717, 1.165) is 5.75 Å². The molecule has 1 aromatic rings. The first-order valence-corrected chi connectivity index (χ1v) is 7.86. The summed E-state index contributed by atoms with van der Waals surface area (Å²) < 4.78 is 0. The van der Waals surface area contributed by atoms with Crippen LogP contribution in [0.5, 0.6) is 0 Å². The molecule has 0 amide bonds. The van der Waals surface area contributed by atoms with E-state index in [4.69, 9.17) is 21.7 Å². The number of benzene rings is 1. The Morgan fingerprint density at radius 2 is 1.62 bits per heavy atom. The van der Waals surface area contributed by atoms with Gasteiger partial charge in [0, 0.05) is 17.3 Å². The van der Waals surface area contributed by atoms with E-state index in [9.17, 15) is 9.59 Å². The van der Waals surface area contributed by atoms with E-state index in [0.29, 0.717) is 5.75 Å². The van der Waals surface area contributed by atoms with Crippen LogP contribution in [0.1, 0.15) is 5.56 Å². The molecule has 6 N–H and O–H groups in total. The van der Waals surface area contributed by atoms with Crippen LogP contribution in [0.3, 0.4) is 0 Å². The Balaban J connectivity index is 0.000000486. The molecule has 8 heteroatoms. The van der Waals surface area contributed by atoms with Crippen LogP contribution in [0.15, 0.2) is 30.3 Å². The lowest BCUT2D eigenvalue weighted by atomic mass is 10.2. The van der Waals surface area contributed by atoms with Gasteiger partial charge in [0.15, 0.2) is 0 Å². The van der Waals surface area contributed by atoms with Crippen molar-refractivity contribution in [2.45, 2.75) is 17.8 Å². The summed E-state index contributed by atoms with van der Waals surface area (Å²) in [6.07, 6.45) is 0. The predicted octanol–water partition coefficient (Wildman–Crippen LogP) is 0.660. The van der Waals surface area contributed by atoms with Crippen molar-refractivity contribution in [3.05, 3.63) is 35.9 Å². The number of rotatable bonds is 7. The van der Waals surface area contributed by atoms with Crippen LogP contribution >= 0.6 is 24.4 Å². The Morgan fingerprint density at radius 1 is 1.10 bits per heavy atom. The van der Waals surface area contributed by atoms with Gasteiger partial charge in [0.1, 0.15) is 12.1 Å². The molecule has 0 fully saturated rings. The molecular weight excluding hydrogens is 312 g/mol. The van der Waals surface area contributed by atoms with Gasteiger partial charge < -0.3 is 21.7 Å². The molecule has 0 aliphatic heterocycles. The zero-order valence-corrected chi connectivity index (χ0v) is 13.1. The monoisotopic (exact) mass is 332 g/mol. The second-order valence-corrected chi connectivity index (χ2v) is 5.47. The van der Waals surface area contributed by atoms with Gasteiger partial charge in [-0.25, -0.2) is 0 Å². The molecule has 0 saturated carbocycles. The highest BCUT2D eigenvalue weighted by molar-refractivity contribution is 7.98. The number of hydrogen-bond acceptors (Lipinski definition) is 6. The second-order valence-electron chi connectivity index (χ2n) is 4.07. The minimum Gasteiger partial charge on any atom is -0.480 e. The Hall–Kier alpha value is -1.22. The van der Waals surface area contributed by atoms with Crippen molar-refractivity contribution < 1.29 is 19.8 Å². The number of nitrogens with two attached hydrogens (primary N) is 2. The first-order chi connectivity index (χ1) is 9.88. The molecule has 0 radical (unpaired) electrons. The van der Waals surface area contributed by atoms with Crippen molar-refractivity contribution in [2.75, 3.05) is 11.5 Å². The van der Waals surface area contributed by atoms with Crippen molar-refractivity contribution in [2.24, 2.45) is 11.5 Å². The number of thiol groups is 1. The summed E-state index contributed by atoms with van der Waals surface area (Å²) >= 11 is 5.19. The smallest absolute Gasteiger partial charge is 0.321 e. The third kappa shape index (κ3) is 10.2. The summed E-state index contributed by atoms with van der Waals surface area (Å²) in [6, 6.07) is 8.34. The van der Waals surface area contributed by atoms with E-state index in [1.165, 1.54) is 17.3 Å². The van der Waals surface area contributed by atoms with Crippen LogP contribution in [-0.4, -0.2) is 45.7 Å². The van der Waals surface area contributed by atoms with Gasteiger partial charge in [-0.05, 0) is 5.56 Å². The third-order valence-electron chi connectivity index (χ3n) is 2.24. The fourth-order valence-corrected chi connectivity index (χ4v) is 2.13. The maximum atomic E-state index is 10.4. The van der Waals surface area contributed by atoms with Crippen molar-refractivity contribution in [1.29, 1.82) is 0 Å². The van der Waals surface area contributed by atoms with Gasteiger partial charge in [0.2, 0.25) is 0 Å². The van der Waals surface area contributed by atoms with Gasteiger partial charge in [-0.3, -0.25) is 9.59 Å². The maximum Gasteiger partial charge on any atom is 0.321 e. The number of hydrogen-bond donors (Lipinski definition) is 5. The predicted molar refractivity (Wildman–Crippen MR) is 87.7 cm³/mol. The number of carboxylic acid groups (broad SMARTS) is 2. The Kier molecular flexibility index (Phi) is 10.8. The van der Waals surface area contributed by atoms with Gasteiger partial charge in [-0.15, -0.1) is 0 Å². The lowest BCUT2D eigenvalue weighted by Gasteiger charge is -2.05. The first kappa shape index (κ1) is 19.8. The second kappa shape index (κ2) is 11.4. The van der Waals surface area contributed by atoms with Gasteiger partial charge in [-0.1, -0.05) is 30.3 Å². The Labute approximate surface area is 133 Å². The van der Waals surface area contributed by atoms with E-state index in [1.807, 2.05) is 30.3 Å². The van der Waals surface area contributed by atoms with Crippen LogP contribution in [0.2, 0.25) is 0 Å². The molecule has 0 spiro atoms. The van der Waals surface area contributed by atoms with Crippen LogP contribution < -0.4 is 11.5 Å². The van der Waals surface area contributed by atoms with Crippen molar-refractivity contribution in [3.63, 3.8) is 0 Å². The van der Waals surface area contributed by atoms with Crippen molar-refractivity contribution in [1.82, 2.24) is 0 Å². The van der Waals surface area contributed by atoms with Gasteiger partial charge in [0.05, 0.1) is 0 Å². The van der Waals surface area contributed by atoms with Crippen molar-refractivity contribution >= 4 is 36.3 Å². The van der Waals surface area contributed by atoms with E-state index in [-0.39, 0.29) is 5.75 Å². The molecular formula is C13H20N2O4S2. The largest absolute Gasteiger partial charge is 0.480 e. The SMILES string of the molecule is N[C@@H](CS)C(=O)O.N[C@@H](CSCc1ccccc1)C(=O)O. The molecule has 0 aliphatic carbocycles. The molecule has 0 aliphatic rings. The molecule has 118 valence electrons. The minimum absolute atomic E-state index is 0.190. The van der Waals surface area contributed by atoms with E-state index in [2.05, 4.69) is 12.6 Å². The average molecular weight is 332 g/mol. The van der Waals surface area contributed by atoms with Gasteiger partial charge >= 0.3 is 11.9 Å². The maximum absolute atomic E-state index is 10.4. The fourth-order valence-electron chi connectivity index (χ4n) is 1.03. The summed E-state index contributed by atoms with van der Waals surface area (Å²) in [4.78, 5) is 20.2. The van der Waals surface area contributed by atoms with E-state index >= 15 is 0 Å². The normalized spacial score (nSPS) is 12.7. The molecule has 2 atom stereocenters. The molecule has 0 bridgehead atoms. The minimum atomic E-state index is -1.00. The van der Waals surface area contributed by atoms with Crippen LogP contribution in [0.25, 0.3) is 0 Å². The lowest BCUT2D eigenvalue weighted by molar-refractivity contribution is -0.138. The first-order valence-electron chi connectivity index (χ1n) is 6.07. The molecule has 0 heterocycles. The molecule has 1 rings (SSSR count). The van der Waals surface area contributed by atoms with Gasteiger partial charge in [-0.2, -0.15) is 24.4 Å². The van der Waals surface area contributed by atoms with Crippen LogP contribution in [0, 0.1) is 0 Å². The Bertz CT molecular complexity index is 431. The number of carbonyl (C=O) groups is 2.